The van der Waals surface area contributed by atoms with Crippen LogP contribution in [0.5, 0.6) is 11.5 Å². The van der Waals surface area contributed by atoms with E-state index in [1.807, 2.05) is 6.92 Å². The predicted molar refractivity (Wildman–Crippen MR) is 97.8 cm³/mol. The molecule has 2 rings (SSSR count). The Hall–Kier alpha value is -2.90. The van der Waals surface area contributed by atoms with E-state index in [2.05, 4.69) is 15.6 Å². The number of nitrogens with one attached hydrogen (secondary N) is 2. The van der Waals surface area contributed by atoms with E-state index in [-0.39, 0.29) is 18.8 Å². The maximum atomic E-state index is 12.8. The summed E-state index contributed by atoms with van der Waals surface area (Å²) in [5, 5.41) is 16.2. The second-order valence-electron chi connectivity index (χ2n) is 5.71. The zero-order valence-corrected chi connectivity index (χ0v) is 15.1. The van der Waals surface area contributed by atoms with Gasteiger partial charge in [-0.3, -0.25) is 0 Å². The maximum absolute atomic E-state index is 12.8. The van der Waals surface area contributed by atoms with Crippen molar-refractivity contribution < 1.29 is 23.0 Å². The van der Waals surface area contributed by atoms with Gasteiger partial charge >= 0.3 is 6.18 Å². The van der Waals surface area contributed by atoms with Crippen molar-refractivity contribution in [2.75, 3.05) is 13.7 Å². The Morgan fingerprint density at radius 3 is 2.56 bits per heavy atom. The molecule has 0 fully saturated rings. The van der Waals surface area contributed by atoms with E-state index in [1.165, 1.54) is 13.2 Å². The van der Waals surface area contributed by atoms with Crippen molar-refractivity contribution in [3.63, 3.8) is 0 Å². The van der Waals surface area contributed by atoms with Crippen molar-refractivity contribution >= 4 is 5.96 Å². The first-order chi connectivity index (χ1) is 12.8. The molecule has 3 N–H and O–H groups in total. The van der Waals surface area contributed by atoms with Gasteiger partial charge in [-0.1, -0.05) is 24.3 Å². The van der Waals surface area contributed by atoms with Gasteiger partial charge in [0, 0.05) is 18.7 Å². The second kappa shape index (κ2) is 9.16. The fourth-order valence-electron chi connectivity index (χ4n) is 2.41. The van der Waals surface area contributed by atoms with Crippen molar-refractivity contribution in [1.29, 1.82) is 0 Å². The molecule has 0 saturated carbocycles. The monoisotopic (exact) mass is 381 g/mol. The Morgan fingerprint density at radius 2 is 1.89 bits per heavy atom. The predicted octanol–water partition coefficient (Wildman–Crippen LogP) is 3.67. The molecule has 0 saturated heterocycles. The molecule has 8 heteroatoms. The normalized spacial score (nSPS) is 12.0. The summed E-state index contributed by atoms with van der Waals surface area (Å²) in [4.78, 5) is 4.31. The molecule has 0 aliphatic rings. The molecule has 0 radical (unpaired) electrons. The molecule has 2 aromatic carbocycles. The van der Waals surface area contributed by atoms with E-state index >= 15 is 0 Å². The number of guanidine groups is 1. The average molecular weight is 381 g/mol. The first-order valence-corrected chi connectivity index (χ1v) is 8.38. The third kappa shape index (κ3) is 5.80. The Morgan fingerprint density at radius 1 is 1.15 bits per heavy atom. The quantitative estimate of drug-likeness (QED) is 0.528. The summed E-state index contributed by atoms with van der Waals surface area (Å²) in [6, 6.07) is 10.2. The number of rotatable bonds is 6. The fraction of sp³-hybridized carbons (Fsp3) is 0.316. The molecular formula is C19H22F3N3O2. The Balaban J connectivity index is 2.09. The number of nitrogens with zero attached hydrogens (tertiary/aromatic N) is 1. The van der Waals surface area contributed by atoms with Crippen LogP contribution in [0.15, 0.2) is 47.5 Å². The lowest BCUT2D eigenvalue weighted by atomic mass is 10.1. The molecule has 27 heavy (non-hydrogen) atoms. The number of alkyl halides is 3. The topological polar surface area (TPSA) is 65.9 Å². The Bertz CT molecular complexity index is 792. The number of halogens is 3. The molecule has 2 aromatic rings. The Labute approximate surface area is 155 Å². The minimum absolute atomic E-state index is 0.0289. The molecule has 5 nitrogen and oxygen atoms in total. The highest BCUT2D eigenvalue weighted by molar-refractivity contribution is 5.79. The molecular weight excluding hydrogens is 359 g/mol. The number of methoxy groups -OCH3 is 1. The van der Waals surface area contributed by atoms with Crippen molar-refractivity contribution in [2.45, 2.75) is 26.2 Å². The highest BCUT2D eigenvalue weighted by Crippen LogP contribution is 2.30. The fourth-order valence-corrected chi connectivity index (χ4v) is 2.41. The van der Waals surface area contributed by atoms with Crippen LogP contribution in [-0.2, 0) is 19.3 Å². The van der Waals surface area contributed by atoms with Gasteiger partial charge in [-0.25, -0.2) is 4.99 Å². The zero-order valence-electron chi connectivity index (χ0n) is 15.1. The average Bonchev–Trinajstić information content (AvgIpc) is 2.64. The van der Waals surface area contributed by atoms with Crippen LogP contribution in [0.25, 0.3) is 0 Å². The molecule has 0 aliphatic heterocycles. The number of hydrogen-bond acceptors (Lipinski definition) is 3. The van der Waals surface area contributed by atoms with E-state index in [1.54, 1.807) is 24.3 Å². The lowest BCUT2D eigenvalue weighted by molar-refractivity contribution is -0.137. The van der Waals surface area contributed by atoms with Gasteiger partial charge in [0.2, 0.25) is 0 Å². The van der Waals surface area contributed by atoms with Crippen LogP contribution < -0.4 is 15.4 Å². The molecule has 0 aliphatic carbocycles. The number of para-hydroxylation sites is 1. The number of aromatic hydroxyl groups is 1. The summed E-state index contributed by atoms with van der Waals surface area (Å²) < 4.78 is 43.5. The van der Waals surface area contributed by atoms with Gasteiger partial charge in [-0.05, 0) is 30.7 Å². The minimum atomic E-state index is -4.38. The highest BCUT2D eigenvalue weighted by Gasteiger charge is 2.30. The molecule has 0 heterocycles. The number of phenolic OH excluding ortho intramolecular Hbond substituents is 1. The number of aliphatic imine (C=N–C) groups is 1. The summed E-state index contributed by atoms with van der Waals surface area (Å²) in [5.41, 5.74) is 0.361. The summed E-state index contributed by atoms with van der Waals surface area (Å²) in [7, 11) is 1.47. The van der Waals surface area contributed by atoms with E-state index in [0.29, 0.717) is 29.4 Å². The zero-order chi connectivity index (χ0) is 19.9. The largest absolute Gasteiger partial charge is 0.504 e. The van der Waals surface area contributed by atoms with E-state index < -0.39 is 11.7 Å². The lowest BCUT2D eigenvalue weighted by Crippen LogP contribution is -2.36. The second-order valence-corrected chi connectivity index (χ2v) is 5.71. The third-order valence-corrected chi connectivity index (χ3v) is 3.77. The molecule has 0 bridgehead atoms. The molecule has 146 valence electrons. The van der Waals surface area contributed by atoms with Gasteiger partial charge in [0.25, 0.3) is 0 Å². The first kappa shape index (κ1) is 20.4. The van der Waals surface area contributed by atoms with Crippen LogP contribution in [0.1, 0.15) is 23.6 Å². The van der Waals surface area contributed by atoms with Gasteiger partial charge < -0.3 is 20.5 Å². The molecule has 0 aromatic heterocycles. The van der Waals surface area contributed by atoms with Crippen LogP contribution in [-0.4, -0.2) is 24.7 Å². The number of phenols is 1. The van der Waals surface area contributed by atoms with E-state index in [4.69, 9.17) is 4.74 Å². The van der Waals surface area contributed by atoms with Crippen LogP contribution in [0, 0.1) is 0 Å². The van der Waals surface area contributed by atoms with Gasteiger partial charge in [-0.2, -0.15) is 13.2 Å². The summed E-state index contributed by atoms with van der Waals surface area (Å²) in [5.74, 6) is 0.818. The smallest absolute Gasteiger partial charge is 0.416 e. The van der Waals surface area contributed by atoms with Crippen molar-refractivity contribution in [3.05, 3.63) is 59.2 Å². The lowest BCUT2D eigenvalue weighted by Gasteiger charge is -2.13. The van der Waals surface area contributed by atoms with Crippen molar-refractivity contribution in [2.24, 2.45) is 4.99 Å². The summed E-state index contributed by atoms with van der Waals surface area (Å²) in [6.07, 6.45) is -4.38. The van der Waals surface area contributed by atoms with Crippen molar-refractivity contribution in [1.82, 2.24) is 10.6 Å². The van der Waals surface area contributed by atoms with E-state index in [0.717, 1.165) is 12.1 Å². The van der Waals surface area contributed by atoms with Crippen LogP contribution >= 0.6 is 0 Å². The molecule has 0 amide bonds. The number of benzene rings is 2. The van der Waals surface area contributed by atoms with Crippen LogP contribution in [0.2, 0.25) is 0 Å². The third-order valence-electron chi connectivity index (χ3n) is 3.77. The van der Waals surface area contributed by atoms with Crippen LogP contribution in [0.3, 0.4) is 0 Å². The number of ether oxygens (including phenoxy) is 1. The molecule has 0 atom stereocenters. The van der Waals surface area contributed by atoms with Gasteiger partial charge in [-0.15, -0.1) is 0 Å². The van der Waals surface area contributed by atoms with Crippen molar-refractivity contribution in [3.8, 4) is 11.5 Å². The van der Waals surface area contributed by atoms with Gasteiger partial charge in [0.05, 0.1) is 19.2 Å². The van der Waals surface area contributed by atoms with E-state index in [9.17, 15) is 18.3 Å². The Kier molecular flexibility index (Phi) is 6.92. The SMILES string of the molecule is CCNC(=NCc1cccc(C(F)(F)F)c1)NCc1cccc(OC)c1O. The maximum Gasteiger partial charge on any atom is 0.416 e. The van der Waals surface area contributed by atoms with Gasteiger partial charge in [0.1, 0.15) is 0 Å². The first-order valence-electron chi connectivity index (χ1n) is 8.38. The standard InChI is InChI=1S/C19H22F3N3O2/c1-3-23-18(25-12-14-7-5-9-16(27-2)17(14)26)24-11-13-6-4-8-15(10-13)19(20,21)22/h4-10,26H,3,11-12H2,1-2H3,(H2,23,24,25). The molecule has 0 unspecified atom stereocenters. The van der Waals surface area contributed by atoms with Gasteiger partial charge in [0.15, 0.2) is 17.5 Å². The highest BCUT2D eigenvalue weighted by atomic mass is 19.4. The summed E-state index contributed by atoms with van der Waals surface area (Å²) in [6.45, 7) is 2.82. The summed E-state index contributed by atoms with van der Waals surface area (Å²) >= 11 is 0. The minimum Gasteiger partial charge on any atom is -0.504 e. The van der Waals surface area contributed by atoms with Crippen LogP contribution in [0.4, 0.5) is 13.2 Å². The number of hydrogen-bond donors (Lipinski definition) is 3. The molecule has 0 spiro atoms.